The van der Waals surface area contributed by atoms with Gasteiger partial charge in [-0.2, -0.15) is 18.4 Å². The second-order valence-corrected chi connectivity index (χ2v) is 4.77. The van der Waals surface area contributed by atoms with Crippen LogP contribution in [0.2, 0.25) is 0 Å². The van der Waals surface area contributed by atoms with Crippen molar-refractivity contribution in [3.8, 4) is 6.07 Å². The molecule has 120 valence electrons. The third-order valence-electron chi connectivity index (χ3n) is 3.34. The maximum Gasteiger partial charge on any atom is 0.425 e. The SMILES string of the molecule is CC1=C(C#N)[C@](NC(=O)c2ccc(F)cc2)(C(F)(F)F)C(=O)N1. The summed E-state index contributed by atoms with van der Waals surface area (Å²) in [5.74, 6) is -3.52. The van der Waals surface area contributed by atoms with Gasteiger partial charge in [-0.25, -0.2) is 4.39 Å². The van der Waals surface area contributed by atoms with E-state index in [1.165, 1.54) is 6.07 Å². The second-order valence-electron chi connectivity index (χ2n) is 4.77. The van der Waals surface area contributed by atoms with Crippen LogP contribution in [0.3, 0.4) is 0 Å². The third-order valence-corrected chi connectivity index (χ3v) is 3.34. The lowest BCUT2D eigenvalue weighted by atomic mass is 9.90. The summed E-state index contributed by atoms with van der Waals surface area (Å²) in [6.45, 7) is 1.12. The number of hydrogen-bond acceptors (Lipinski definition) is 3. The van der Waals surface area contributed by atoms with Gasteiger partial charge in [0, 0.05) is 11.3 Å². The molecule has 0 saturated heterocycles. The van der Waals surface area contributed by atoms with Gasteiger partial charge in [0.25, 0.3) is 17.4 Å². The smallest absolute Gasteiger partial charge is 0.326 e. The van der Waals surface area contributed by atoms with E-state index in [1.807, 2.05) is 5.32 Å². The van der Waals surface area contributed by atoms with Gasteiger partial charge in [0.2, 0.25) is 0 Å². The Kier molecular flexibility index (Phi) is 3.86. The van der Waals surface area contributed by atoms with Gasteiger partial charge in [-0.3, -0.25) is 9.59 Å². The van der Waals surface area contributed by atoms with Crippen LogP contribution < -0.4 is 10.6 Å². The van der Waals surface area contributed by atoms with Crippen molar-refractivity contribution in [3.05, 3.63) is 46.9 Å². The number of nitrogens with one attached hydrogen (secondary N) is 2. The second kappa shape index (κ2) is 5.39. The van der Waals surface area contributed by atoms with Crippen molar-refractivity contribution in [2.45, 2.75) is 18.6 Å². The molecule has 23 heavy (non-hydrogen) atoms. The summed E-state index contributed by atoms with van der Waals surface area (Å²) in [5, 5.41) is 12.4. The van der Waals surface area contributed by atoms with E-state index in [0.717, 1.165) is 31.2 Å². The number of rotatable bonds is 2. The first-order valence-corrected chi connectivity index (χ1v) is 6.21. The highest BCUT2D eigenvalue weighted by molar-refractivity contribution is 6.04. The number of benzene rings is 1. The topological polar surface area (TPSA) is 82.0 Å². The Labute approximate surface area is 127 Å². The molecule has 9 heteroatoms. The summed E-state index contributed by atoms with van der Waals surface area (Å²) in [6.07, 6.45) is -5.24. The lowest BCUT2D eigenvalue weighted by Gasteiger charge is -2.30. The zero-order chi connectivity index (χ0) is 17.4. The molecule has 0 bridgehead atoms. The maximum atomic E-state index is 13.5. The van der Waals surface area contributed by atoms with Crippen molar-refractivity contribution < 1.29 is 27.2 Å². The van der Waals surface area contributed by atoms with Crippen molar-refractivity contribution in [3.63, 3.8) is 0 Å². The molecule has 0 unspecified atom stereocenters. The average molecular weight is 327 g/mol. The van der Waals surface area contributed by atoms with Gasteiger partial charge in [0.15, 0.2) is 0 Å². The number of nitrogens with zero attached hydrogens (tertiary/aromatic N) is 1. The molecule has 2 amide bonds. The van der Waals surface area contributed by atoms with Gasteiger partial charge in [-0.15, -0.1) is 0 Å². The summed E-state index contributed by atoms with van der Waals surface area (Å²) >= 11 is 0. The van der Waals surface area contributed by atoms with E-state index < -0.39 is 34.9 Å². The minimum absolute atomic E-state index is 0.287. The molecular weight excluding hydrogens is 318 g/mol. The van der Waals surface area contributed by atoms with E-state index in [0.29, 0.717) is 0 Å². The molecule has 0 radical (unpaired) electrons. The van der Waals surface area contributed by atoms with Crippen LogP contribution in [0.25, 0.3) is 0 Å². The van der Waals surface area contributed by atoms with Crippen LogP contribution in [0.1, 0.15) is 17.3 Å². The zero-order valence-electron chi connectivity index (χ0n) is 11.6. The molecule has 0 fully saturated rings. The lowest BCUT2D eigenvalue weighted by molar-refractivity contribution is -0.184. The molecule has 1 aliphatic rings. The Morgan fingerprint density at radius 3 is 2.35 bits per heavy atom. The number of allylic oxidation sites excluding steroid dienone is 1. The first kappa shape index (κ1) is 16.5. The van der Waals surface area contributed by atoms with Crippen LogP contribution in [0.15, 0.2) is 35.5 Å². The fourth-order valence-electron chi connectivity index (χ4n) is 2.19. The predicted molar refractivity (Wildman–Crippen MR) is 69.1 cm³/mol. The van der Waals surface area contributed by atoms with Crippen molar-refractivity contribution in [2.24, 2.45) is 0 Å². The maximum absolute atomic E-state index is 13.5. The Bertz CT molecular complexity index is 747. The van der Waals surface area contributed by atoms with Crippen molar-refractivity contribution in [2.75, 3.05) is 0 Å². The van der Waals surface area contributed by atoms with Gasteiger partial charge in [0.05, 0.1) is 11.6 Å². The molecule has 1 atom stereocenters. The minimum atomic E-state index is -5.24. The number of carbonyl (C=O) groups excluding carboxylic acids is 2. The summed E-state index contributed by atoms with van der Waals surface area (Å²) in [6, 6.07) is 5.00. The molecule has 1 aromatic carbocycles. The number of amides is 2. The molecule has 0 aromatic heterocycles. The van der Waals surface area contributed by atoms with E-state index in [1.54, 1.807) is 5.32 Å². The van der Waals surface area contributed by atoms with E-state index in [-0.39, 0.29) is 11.3 Å². The summed E-state index contributed by atoms with van der Waals surface area (Å²) < 4.78 is 53.3. The quantitative estimate of drug-likeness (QED) is 0.813. The first-order valence-electron chi connectivity index (χ1n) is 6.21. The fraction of sp³-hybridized carbons (Fsp3) is 0.214. The number of hydrogen-bond donors (Lipinski definition) is 2. The standard InChI is InChI=1S/C14H9F4N3O2/c1-7-10(6-19)13(12(23)20-7,14(16,17)18)21-11(22)8-2-4-9(15)5-3-8/h2-5H,1H3,(H,20,23)(H,21,22)/t13-/m1/s1. The molecule has 2 N–H and O–H groups in total. The van der Waals surface area contributed by atoms with Crippen molar-refractivity contribution in [1.29, 1.82) is 5.26 Å². The highest BCUT2D eigenvalue weighted by Gasteiger charge is 2.67. The molecule has 1 aromatic rings. The van der Waals surface area contributed by atoms with Crippen LogP contribution in [0.4, 0.5) is 17.6 Å². The van der Waals surface area contributed by atoms with E-state index in [4.69, 9.17) is 5.26 Å². The largest absolute Gasteiger partial charge is 0.425 e. The van der Waals surface area contributed by atoms with E-state index in [9.17, 15) is 27.2 Å². The molecule has 5 nitrogen and oxygen atoms in total. The minimum Gasteiger partial charge on any atom is -0.326 e. The Morgan fingerprint density at radius 2 is 1.87 bits per heavy atom. The molecule has 2 rings (SSSR count). The molecule has 0 aliphatic carbocycles. The fourth-order valence-corrected chi connectivity index (χ4v) is 2.19. The van der Waals surface area contributed by atoms with Crippen LogP contribution >= 0.6 is 0 Å². The van der Waals surface area contributed by atoms with Crippen LogP contribution in [-0.2, 0) is 4.79 Å². The lowest BCUT2D eigenvalue weighted by Crippen LogP contribution is -2.64. The van der Waals surface area contributed by atoms with Crippen molar-refractivity contribution in [1.82, 2.24) is 10.6 Å². The van der Waals surface area contributed by atoms with Gasteiger partial charge < -0.3 is 10.6 Å². The monoisotopic (exact) mass is 327 g/mol. The van der Waals surface area contributed by atoms with Crippen molar-refractivity contribution >= 4 is 11.8 Å². The molecule has 0 spiro atoms. The number of alkyl halides is 3. The zero-order valence-corrected chi connectivity index (χ0v) is 11.6. The first-order chi connectivity index (χ1) is 10.6. The average Bonchev–Trinajstić information content (AvgIpc) is 2.70. The van der Waals surface area contributed by atoms with E-state index >= 15 is 0 Å². The number of carbonyl (C=O) groups is 2. The van der Waals surface area contributed by atoms with Crippen LogP contribution in [0, 0.1) is 17.1 Å². The molecular formula is C14H9F4N3O2. The van der Waals surface area contributed by atoms with Gasteiger partial charge >= 0.3 is 6.18 Å². The third kappa shape index (κ3) is 2.52. The van der Waals surface area contributed by atoms with Gasteiger partial charge in [-0.1, -0.05) is 0 Å². The Balaban J connectivity index is 2.50. The normalized spacial score (nSPS) is 21.0. The number of halogens is 4. The highest BCUT2D eigenvalue weighted by atomic mass is 19.4. The summed E-state index contributed by atoms with van der Waals surface area (Å²) in [7, 11) is 0. The Hall–Kier alpha value is -2.89. The molecule has 1 aliphatic heterocycles. The van der Waals surface area contributed by atoms with Gasteiger partial charge in [0.1, 0.15) is 5.82 Å². The predicted octanol–water partition coefficient (Wildman–Crippen LogP) is 1.78. The molecule has 1 heterocycles. The number of nitriles is 1. The highest BCUT2D eigenvalue weighted by Crippen LogP contribution is 2.40. The summed E-state index contributed by atoms with van der Waals surface area (Å²) in [5.41, 5.74) is -5.00. The van der Waals surface area contributed by atoms with E-state index in [2.05, 4.69) is 0 Å². The molecule has 0 saturated carbocycles. The summed E-state index contributed by atoms with van der Waals surface area (Å²) in [4.78, 5) is 23.9. The van der Waals surface area contributed by atoms with Crippen LogP contribution in [-0.4, -0.2) is 23.5 Å². The van der Waals surface area contributed by atoms with Crippen LogP contribution in [0.5, 0.6) is 0 Å². The van der Waals surface area contributed by atoms with Gasteiger partial charge in [-0.05, 0) is 31.2 Å². The Morgan fingerprint density at radius 1 is 1.30 bits per heavy atom.